The number of esters is 1. The lowest BCUT2D eigenvalue weighted by atomic mass is 9.71. The number of carbonyl (C=O) groups excluding carboxylic acids is 1. The van der Waals surface area contributed by atoms with Crippen LogP contribution in [0.15, 0.2) is 35.0 Å². The van der Waals surface area contributed by atoms with Gasteiger partial charge in [-0.2, -0.15) is 11.3 Å². The summed E-state index contributed by atoms with van der Waals surface area (Å²) in [5.41, 5.74) is 2.12. The van der Waals surface area contributed by atoms with E-state index in [-0.39, 0.29) is 17.0 Å². The minimum Gasteiger partial charge on any atom is -0.459 e. The smallest absolute Gasteiger partial charge is 0.312 e. The van der Waals surface area contributed by atoms with Gasteiger partial charge in [-0.25, -0.2) is 0 Å². The first-order valence-corrected chi connectivity index (χ1v) is 15.7. The Balaban J connectivity index is 1.23. The standard InChI is InChI=1S/C30H40Cl2N2O2S/c1-3-8-29(9-4-2)21-30(36-28(29)35)10-12-33(13-11-30)17-24-18-34(19-26(24)23-7-14-37-20-23)16-22-5-6-25(31)15-27(22)32/h5-7,14-15,20,24,26H,3-4,8-13,16-19,21H2,1-2H3/t24-,26+/m0/s1. The lowest BCUT2D eigenvalue weighted by molar-refractivity contribution is -0.157. The molecule has 0 bridgehead atoms. The number of piperidine rings is 1. The summed E-state index contributed by atoms with van der Waals surface area (Å²) in [6, 6.07) is 8.13. The molecule has 1 aromatic carbocycles. The monoisotopic (exact) mass is 562 g/mol. The molecule has 0 amide bonds. The molecule has 4 heterocycles. The summed E-state index contributed by atoms with van der Waals surface area (Å²) >= 11 is 14.4. The summed E-state index contributed by atoms with van der Waals surface area (Å²) in [6.07, 6.45) is 6.86. The summed E-state index contributed by atoms with van der Waals surface area (Å²) in [5.74, 6) is 1.17. The first kappa shape index (κ1) is 27.5. The highest BCUT2D eigenvalue weighted by molar-refractivity contribution is 7.08. The Morgan fingerprint density at radius 3 is 2.46 bits per heavy atom. The predicted molar refractivity (Wildman–Crippen MR) is 154 cm³/mol. The highest BCUT2D eigenvalue weighted by Crippen LogP contribution is 2.51. The first-order chi connectivity index (χ1) is 17.9. The van der Waals surface area contributed by atoms with Crippen molar-refractivity contribution in [2.75, 3.05) is 32.7 Å². The summed E-state index contributed by atoms with van der Waals surface area (Å²) < 4.78 is 6.22. The third kappa shape index (κ3) is 5.91. The molecule has 5 rings (SSSR count). The van der Waals surface area contributed by atoms with Crippen molar-refractivity contribution in [2.45, 2.75) is 76.9 Å². The fourth-order valence-electron chi connectivity index (χ4n) is 7.28. The maximum absolute atomic E-state index is 13.1. The van der Waals surface area contributed by atoms with Crippen molar-refractivity contribution in [1.29, 1.82) is 0 Å². The Morgan fingerprint density at radius 2 is 1.81 bits per heavy atom. The molecule has 3 aliphatic heterocycles. The molecule has 0 N–H and O–H groups in total. The van der Waals surface area contributed by atoms with Gasteiger partial charge in [0.15, 0.2) is 0 Å². The zero-order chi connectivity index (χ0) is 26.0. The van der Waals surface area contributed by atoms with Crippen LogP contribution >= 0.6 is 34.5 Å². The van der Waals surface area contributed by atoms with Crippen LogP contribution in [0.4, 0.5) is 0 Å². The number of hydrogen-bond donors (Lipinski definition) is 0. The highest BCUT2D eigenvalue weighted by Gasteiger charge is 2.56. The molecule has 2 aromatic rings. The van der Waals surface area contributed by atoms with Gasteiger partial charge in [0.05, 0.1) is 5.41 Å². The largest absolute Gasteiger partial charge is 0.459 e. The molecular weight excluding hydrogens is 523 g/mol. The lowest BCUT2D eigenvalue weighted by Gasteiger charge is -2.40. The molecule has 2 atom stereocenters. The van der Waals surface area contributed by atoms with Crippen LogP contribution in [0, 0.1) is 11.3 Å². The zero-order valence-electron chi connectivity index (χ0n) is 22.2. The van der Waals surface area contributed by atoms with E-state index in [1.807, 2.05) is 12.1 Å². The molecule has 3 aliphatic rings. The molecule has 3 saturated heterocycles. The van der Waals surface area contributed by atoms with E-state index < -0.39 is 0 Å². The molecule has 3 fully saturated rings. The van der Waals surface area contributed by atoms with Gasteiger partial charge in [-0.1, -0.05) is 56.0 Å². The van der Waals surface area contributed by atoms with E-state index in [9.17, 15) is 4.79 Å². The number of halogens is 2. The SMILES string of the molecule is CCCC1(CCC)CC2(CCN(C[C@H]3CN(Cc4ccc(Cl)cc4Cl)C[C@@H]3c3ccsc3)CC2)OC1=O. The van der Waals surface area contributed by atoms with Gasteiger partial charge in [0.1, 0.15) is 5.60 Å². The van der Waals surface area contributed by atoms with E-state index >= 15 is 0 Å². The van der Waals surface area contributed by atoms with Crippen molar-refractivity contribution in [3.8, 4) is 0 Å². The maximum Gasteiger partial charge on any atom is 0.312 e. The Hall–Kier alpha value is -1.11. The third-order valence-corrected chi connectivity index (χ3v) is 10.3. The number of ether oxygens (including phenoxy) is 1. The number of hydrogen-bond acceptors (Lipinski definition) is 5. The summed E-state index contributed by atoms with van der Waals surface area (Å²) in [4.78, 5) is 18.2. The fraction of sp³-hybridized carbons (Fsp3) is 0.633. The Morgan fingerprint density at radius 1 is 1.05 bits per heavy atom. The minimum absolute atomic E-state index is 0.0782. The number of benzene rings is 1. The van der Waals surface area contributed by atoms with Gasteiger partial charge in [-0.15, -0.1) is 0 Å². The molecular formula is C30H40Cl2N2O2S. The van der Waals surface area contributed by atoms with Gasteiger partial charge < -0.3 is 9.64 Å². The molecule has 0 radical (unpaired) electrons. The van der Waals surface area contributed by atoms with E-state index in [1.54, 1.807) is 11.3 Å². The predicted octanol–water partition coefficient (Wildman–Crippen LogP) is 7.64. The topological polar surface area (TPSA) is 32.8 Å². The second-order valence-electron chi connectivity index (χ2n) is 11.7. The number of likely N-dealkylation sites (tertiary alicyclic amines) is 2. The van der Waals surface area contributed by atoms with Gasteiger partial charge >= 0.3 is 5.97 Å². The number of nitrogens with zero attached hydrogens (tertiary/aromatic N) is 2. The van der Waals surface area contributed by atoms with E-state index in [2.05, 4.69) is 46.5 Å². The van der Waals surface area contributed by atoms with Crippen LogP contribution in [0.25, 0.3) is 0 Å². The van der Waals surface area contributed by atoms with Crippen LogP contribution in [0.2, 0.25) is 10.0 Å². The molecule has 4 nitrogen and oxygen atoms in total. The number of carbonyl (C=O) groups is 1. The molecule has 7 heteroatoms. The van der Waals surface area contributed by atoms with Crippen LogP contribution in [-0.4, -0.2) is 54.1 Å². The van der Waals surface area contributed by atoms with Crippen molar-refractivity contribution in [2.24, 2.45) is 11.3 Å². The van der Waals surface area contributed by atoms with E-state index in [0.29, 0.717) is 16.9 Å². The van der Waals surface area contributed by atoms with Gasteiger partial charge in [0, 0.05) is 74.5 Å². The minimum atomic E-state index is -0.245. The second-order valence-corrected chi connectivity index (χ2v) is 13.3. The Labute approximate surface area is 236 Å². The van der Waals surface area contributed by atoms with Crippen LogP contribution in [0.1, 0.15) is 75.8 Å². The maximum atomic E-state index is 13.1. The van der Waals surface area contributed by atoms with E-state index in [1.165, 1.54) is 5.56 Å². The molecule has 202 valence electrons. The first-order valence-electron chi connectivity index (χ1n) is 14.0. The lowest BCUT2D eigenvalue weighted by Crippen LogP contribution is -2.46. The van der Waals surface area contributed by atoms with Crippen molar-refractivity contribution in [1.82, 2.24) is 9.80 Å². The van der Waals surface area contributed by atoms with Gasteiger partial charge in [-0.3, -0.25) is 9.69 Å². The quantitative estimate of drug-likeness (QED) is 0.294. The number of rotatable bonds is 9. The van der Waals surface area contributed by atoms with Gasteiger partial charge in [0.2, 0.25) is 0 Å². The van der Waals surface area contributed by atoms with Crippen molar-refractivity contribution < 1.29 is 9.53 Å². The van der Waals surface area contributed by atoms with Crippen LogP contribution in [0.5, 0.6) is 0 Å². The Bertz CT molecular complexity index is 1060. The molecule has 1 spiro atoms. The molecule has 0 unspecified atom stereocenters. The summed E-state index contributed by atoms with van der Waals surface area (Å²) in [5, 5.41) is 5.95. The van der Waals surface area contributed by atoms with E-state index in [4.69, 9.17) is 27.9 Å². The van der Waals surface area contributed by atoms with Crippen LogP contribution in [-0.2, 0) is 16.1 Å². The third-order valence-electron chi connectivity index (χ3n) is 9.02. The van der Waals surface area contributed by atoms with Crippen LogP contribution < -0.4 is 0 Å². The molecule has 0 saturated carbocycles. The van der Waals surface area contributed by atoms with Crippen LogP contribution in [0.3, 0.4) is 0 Å². The van der Waals surface area contributed by atoms with Gasteiger partial charge in [0.25, 0.3) is 0 Å². The fourth-order valence-corrected chi connectivity index (χ4v) is 8.47. The summed E-state index contributed by atoms with van der Waals surface area (Å²) in [7, 11) is 0. The molecule has 37 heavy (non-hydrogen) atoms. The zero-order valence-corrected chi connectivity index (χ0v) is 24.5. The molecule has 0 aliphatic carbocycles. The molecule has 1 aromatic heterocycles. The second kappa shape index (κ2) is 11.6. The summed E-state index contributed by atoms with van der Waals surface area (Å²) in [6.45, 7) is 10.4. The van der Waals surface area contributed by atoms with Gasteiger partial charge in [-0.05, 0) is 58.8 Å². The highest BCUT2D eigenvalue weighted by atomic mass is 35.5. The van der Waals surface area contributed by atoms with Crippen molar-refractivity contribution in [3.05, 3.63) is 56.2 Å². The van der Waals surface area contributed by atoms with Crippen molar-refractivity contribution in [3.63, 3.8) is 0 Å². The average molecular weight is 564 g/mol. The Kier molecular flexibility index (Phi) is 8.57. The van der Waals surface area contributed by atoms with Crippen molar-refractivity contribution >= 4 is 40.5 Å². The average Bonchev–Trinajstić information content (AvgIpc) is 3.58. The number of thiophene rings is 1. The normalized spacial score (nSPS) is 25.7. The van der Waals surface area contributed by atoms with E-state index in [0.717, 1.165) is 94.8 Å².